The number of methoxy groups -OCH3 is 1. The molecule has 170 valence electrons. The molecule has 2 heterocycles. The van der Waals surface area contributed by atoms with Crippen molar-refractivity contribution in [3.63, 3.8) is 0 Å². The maximum atomic E-state index is 13.0. The lowest BCUT2D eigenvalue weighted by Gasteiger charge is -2.39. The molecule has 30 heavy (non-hydrogen) atoms. The molecule has 0 saturated carbocycles. The molecule has 1 unspecified atom stereocenters. The van der Waals surface area contributed by atoms with Crippen LogP contribution < -0.4 is 5.32 Å². The topological polar surface area (TPSA) is 55.3 Å². The van der Waals surface area contributed by atoms with Gasteiger partial charge in [-0.1, -0.05) is 12.1 Å². The number of nitrogens with zero attached hydrogens (tertiary/aromatic N) is 2. The van der Waals surface area contributed by atoms with Crippen LogP contribution in [0.1, 0.15) is 30.1 Å². The molecule has 0 amide bonds. The van der Waals surface area contributed by atoms with Crippen LogP contribution in [-0.4, -0.2) is 70.1 Å². The first-order chi connectivity index (χ1) is 13.9. The number of nitrogens with one attached hydrogen (secondary N) is 1. The molecule has 0 aromatic heterocycles. The highest BCUT2D eigenvalue weighted by molar-refractivity contribution is 14.0. The van der Waals surface area contributed by atoms with E-state index in [2.05, 4.69) is 10.3 Å². The largest absolute Gasteiger partial charge is 0.416 e. The lowest BCUT2D eigenvalue weighted by molar-refractivity contribution is -0.137. The molecule has 0 spiro atoms. The summed E-state index contributed by atoms with van der Waals surface area (Å²) in [7, 11) is 3.40. The minimum absolute atomic E-state index is 0. The van der Waals surface area contributed by atoms with Gasteiger partial charge in [0, 0.05) is 53.3 Å². The molecule has 2 saturated heterocycles. The fraction of sp³-hybridized carbons (Fsp3) is 0.650. The summed E-state index contributed by atoms with van der Waals surface area (Å²) in [6, 6.07) is 5.32. The van der Waals surface area contributed by atoms with Crippen LogP contribution in [0.15, 0.2) is 29.3 Å². The Balaban J connectivity index is 0.00000320. The summed E-state index contributed by atoms with van der Waals surface area (Å²) in [5.41, 5.74) is -0.460. The minimum atomic E-state index is -4.37. The molecule has 1 N–H and O–H groups in total. The quantitative estimate of drug-likeness (QED) is 0.358. The van der Waals surface area contributed by atoms with Crippen LogP contribution in [-0.2, 0) is 20.4 Å². The van der Waals surface area contributed by atoms with E-state index >= 15 is 0 Å². The van der Waals surface area contributed by atoms with Gasteiger partial charge in [-0.15, -0.1) is 24.0 Å². The SMILES string of the molecule is CN=C(NCC1(OC)CCOCC1)N1CCOC(c2cccc(C(F)(F)F)c2)C1.I. The van der Waals surface area contributed by atoms with E-state index in [0.29, 0.717) is 51.0 Å². The molecule has 3 rings (SSSR count). The Bertz CT molecular complexity index is 712. The monoisotopic (exact) mass is 543 g/mol. The number of rotatable bonds is 4. The Hall–Kier alpha value is -1.11. The third-order valence-electron chi connectivity index (χ3n) is 5.57. The number of alkyl halides is 3. The average Bonchev–Trinajstić information content (AvgIpc) is 2.74. The average molecular weight is 543 g/mol. The third kappa shape index (κ3) is 6.21. The number of guanidine groups is 1. The zero-order chi connectivity index (χ0) is 20.9. The van der Waals surface area contributed by atoms with Crippen molar-refractivity contribution < 1.29 is 27.4 Å². The molecule has 1 aromatic rings. The number of aliphatic imine (C=N–C) groups is 1. The number of morpholine rings is 1. The standard InChI is InChI=1S/C20H28F3N3O3.HI/c1-24-18(25-14-19(27-2)6-9-28-10-7-19)26-8-11-29-17(13-26)15-4-3-5-16(12-15)20(21,22)23;/h3-5,12,17H,6-11,13-14H2,1-2H3,(H,24,25);1H. The van der Waals surface area contributed by atoms with Gasteiger partial charge in [0.2, 0.25) is 0 Å². The summed E-state index contributed by atoms with van der Waals surface area (Å²) < 4.78 is 56.1. The molecule has 1 aromatic carbocycles. The number of hydrogen-bond donors (Lipinski definition) is 1. The smallest absolute Gasteiger partial charge is 0.381 e. The molecular weight excluding hydrogens is 514 g/mol. The van der Waals surface area contributed by atoms with Crippen molar-refractivity contribution >= 4 is 29.9 Å². The first-order valence-electron chi connectivity index (χ1n) is 9.74. The first-order valence-corrected chi connectivity index (χ1v) is 9.74. The maximum absolute atomic E-state index is 13.0. The summed E-state index contributed by atoms with van der Waals surface area (Å²) in [6.45, 7) is 3.34. The second-order valence-corrected chi connectivity index (χ2v) is 7.33. The van der Waals surface area contributed by atoms with E-state index < -0.39 is 17.8 Å². The predicted molar refractivity (Wildman–Crippen MR) is 118 cm³/mol. The van der Waals surface area contributed by atoms with Gasteiger partial charge in [-0.05, 0) is 17.7 Å². The normalized spacial score (nSPS) is 22.4. The Morgan fingerprint density at radius 3 is 2.67 bits per heavy atom. The second-order valence-electron chi connectivity index (χ2n) is 7.33. The van der Waals surface area contributed by atoms with E-state index in [1.165, 1.54) is 6.07 Å². The number of benzene rings is 1. The van der Waals surface area contributed by atoms with Gasteiger partial charge in [-0.2, -0.15) is 13.2 Å². The van der Waals surface area contributed by atoms with Gasteiger partial charge < -0.3 is 24.4 Å². The number of hydrogen-bond acceptors (Lipinski definition) is 4. The van der Waals surface area contributed by atoms with Crippen molar-refractivity contribution in [3.05, 3.63) is 35.4 Å². The van der Waals surface area contributed by atoms with Crippen molar-refractivity contribution in [2.24, 2.45) is 4.99 Å². The zero-order valence-corrected chi connectivity index (χ0v) is 19.5. The van der Waals surface area contributed by atoms with E-state index in [1.54, 1.807) is 20.2 Å². The van der Waals surface area contributed by atoms with Crippen molar-refractivity contribution in [2.75, 3.05) is 53.6 Å². The van der Waals surface area contributed by atoms with Crippen molar-refractivity contribution in [3.8, 4) is 0 Å². The summed E-state index contributed by atoms with van der Waals surface area (Å²) in [6.07, 6.45) is -3.24. The number of halogens is 4. The van der Waals surface area contributed by atoms with Crippen LogP contribution in [0.3, 0.4) is 0 Å². The van der Waals surface area contributed by atoms with Crippen LogP contribution in [0.2, 0.25) is 0 Å². The fourth-order valence-electron chi connectivity index (χ4n) is 3.73. The molecule has 10 heteroatoms. The van der Waals surface area contributed by atoms with Gasteiger partial charge in [-0.3, -0.25) is 4.99 Å². The molecule has 1 atom stereocenters. The Kier molecular flexibility index (Phi) is 9.19. The predicted octanol–water partition coefficient (Wildman–Crippen LogP) is 3.47. The molecule has 0 aliphatic carbocycles. The van der Waals surface area contributed by atoms with E-state index in [0.717, 1.165) is 25.0 Å². The van der Waals surface area contributed by atoms with Gasteiger partial charge >= 0.3 is 6.18 Å². The Morgan fingerprint density at radius 2 is 2.03 bits per heavy atom. The van der Waals surface area contributed by atoms with Crippen LogP contribution in [0.5, 0.6) is 0 Å². The minimum Gasteiger partial charge on any atom is -0.381 e. The molecule has 0 bridgehead atoms. The first kappa shape index (κ1) is 25.2. The molecule has 6 nitrogen and oxygen atoms in total. The lowest BCUT2D eigenvalue weighted by atomic mass is 9.94. The highest BCUT2D eigenvalue weighted by atomic mass is 127. The second kappa shape index (κ2) is 11.0. The Morgan fingerprint density at radius 1 is 1.30 bits per heavy atom. The summed E-state index contributed by atoms with van der Waals surface area (Å²) in [5.74, 6) is 0.688. The van der Waals surface area contributed by atoms with Gasteiger partial charge in [0.15, 0.2) is 5.96 Å². The Labute approximate surface area is 192 Å². The maximum Gasteiger partial charge on any atom is 0.416 e. The van der Waals surface area contributed by atoms with Crippen LogP contribution in [0.4, 0.5) is 13.2 Å². The van der Waals surface area contributed by atoms with E-state index in [-0.39, 0.29) is 29.6 Å². The van der Waals surface area contributed by atoms with Crippen LogP contribution >= 0.6 is 24.0 Å². The van der Waals surface area contributed by atoms with Crippen LogP contribution in [0.25, 0.3) is 0 Å². The van der Waals surface area contributed by atoms with Gasteiger partial charge in [-0.25, -0.2) is 0 Å². The summed E-state index contributed by atoms with van der Waals surface area (Å²) >= 11 is 0. The fourth-order valence-corrected chi connectivity index (χ4v) is 3.73. The highest BCUT2D eigenvalue weighted by Gasteiger charge is 2.34. The van der Waals surface area contributed by atoms with E-state index in [4.69, 9.17) is 14.2 Å². The van der Waals surface area contributed by atoms with Crippen molar-refractivity contribution in [1.82, 2.24) is 10.2 Å². The van der Waals surface area contributed by atoms with Crippen molar-refractivity contribution in [1.29, 1.82) is 0 Å². The highest BCUT2D eigenvalue weighted by Crippen LogP contribution is 2.32. The van der Waals surface area contributed by atoms with Gasteiger partial charge in [0.1, 0.15) is 6.10 Å². The van der Waals surface area contributed by atoms with Gasteiger partial charge in [0.05, 0.1) is 24.3 Å². The van der Waals surface area contributed by atoms with E-state index in [9.17, 15) is 13.2 Å². The van der Waals surface area contributed by atoms with Crippen LogP contribution in [0, 0.1) is 0 Å². The molecule has 2 fully saturated rings. The molecule has 2 aliphatic heterocycles. The van der Waals surface area contributed by atoms with Crippen molar-refractivity contribution in [2.45, 2.75) is 30.7 Å². The zero-order valence-electron chi connectivity index (χ0n) is 17.2. The van der Waals surface area contributed by atoms with E-state index in [1.807, 2.05) is 4.90 Å². The summed E-state index contributed by atoms with van der Waals surface area (Å²) in [4.78, 5) is 6.37. The summed E-state index contributed by atoms with van der Waals surface area (Å²) in [5, 5.41) is 3.37. The molecule has 2 aliphatic rings. The third-order valence-corrected chi connectivity index (χ3v) is 5.57. The lowest BCUT2D eigenvalue weighted by Crippen LogP contribution is -2.53. The molecule has 0 radical (unpaired) electrons. The van der Waals surface area contributed by atoms with Gasteiger partial charge in [0.25, 0.3) is 0 Å². The molecular formula is C20H29F3IN3O3. The number of ether oxygens (including phenoxy) is 3.